The van der Waals surface area contributed by atoms with Gasteiger partial charge in [-0.25, -0.2) is 0 Å². The van der Waals surface area contributed by atoms with Crippen molar-refractivity contribution in [3.63, 3.8) is 0 Å². The van der Waals surface area contributed by atoms with Gasteiger partial charge in [0.2, 0.25) is 0 Å². The van der Waals surface area contributed by atoms with Crippen molar-refractivity contribution in [2.45, 2.75) is 53.5 Å². The molecule has 1 unspecified atom stereocenters. The lowest BCUT2D eigenvalue weighted by atomic mass is 9.83. The maximum absolute atomic E-state index is 9.62. The molecule has 1 aromatic heterocycles. The van der Waals surface area contributed by atoms with Gasteiger partial charge in [-0.2, -0.15) is 5.10 Å². The number of aliphatic hydroxyl groups excluding tert-OH is 1. The summed E-state index contributed by atoms with van der Waals surface area (Å²) >= 11 is 0. The molecular formula is C15H29N3O. The van der Waals surface area contributed by atoms with Gasteiger partial charge in [-0.15, -0.1) is 0 Å². The van der Waals surface area contributed by atoms with Crippen molar-refractivity contribution in [2.24, 2.45) is 12.5 Å². The van der Waals surface area contributed by atoms with E-state index in [1.807, 2.05) is 11.7 Å². The van der Waals surface area contributed by atoms with E-state index in [2.05, 4.69) is 45.0 Å². The number of rotatable bonds is 7. The molecule has 0 bridgehead atoms. The van der Waals surface area contributed by atoms with Gasteiger partial charge in [0, 0.05) is 42.9 Å². The lowest BCUT2D eigenvalue weighted by Gasteiger charge is -2.31. The van der Waals surface area contributed by atoms with Gasteiger partial charge in [-0.1, -0.05) is 13.8 Å². The largest absolute Gasteiger partial charge is 0.396 e. The van der Waals surface area contributed by atoms with Crippen molar-refractivity contribution < 1.29 is 5.11 Å². The van der Waals surface area contributed by atoms with Crippen LogP contribution >= 0.6 is 0 Å². The summed E-state index contributed by atoms with van der Waals surface area (Å²) in [5, 5.41) is 17.7. The van der Waals surface area contributed by atoms with Gasteiger partial charge in [-0.3, -0.25) is 4.68 Å². The van der Waals surface area contributed by atoms with Crippen LogP contribution in [0, 0.1) is 19.3 Å². The Morgan fingerprint density at radius 2 is 1.89 bits per heavy atom. The molecule has 0 aliphatic carbocycles. The molecule has 2 N–H and O–H groups in total. The Morgan fingerprint density at radius 3 is 2.26 bits per heavy atom. The first-order valence-corrected chi connectivity index (χ1v) is 7.25. The minimum absolute atomic E-state index is 0.00171. The Kier molecular flexibility index (Phi) is 5.56. The molecule has 0 saturated heterocycles. The van der Waals surface area contributed by atoms with Crippen molar-refractivity contribution in [3.05, 3.63) is 17.0 Å². The zero-order valence-corrected chi connectivity index (χ0v) is 13.2. The summed E-state index contributed by atoms with van der Waals surface area (Å²) in [5.74, 6) is 0. The average Bonchev–Trinajstić information content (AvgIpc) is 2.65. The molecule has 19 heavy (non-hydrogen) atoms. The van der Waals surface area contributed by atoms with Gasteiger partial charge in [0.05, 0.1) is 5.69 Å². The Labute approximate surface area is 117 Å². The number of aliphatic hydroxyl groups is 1. The third kappa shape index (κ3) is 3.37. The number of aromatic nitrogens is 2. The summed E-state index contributed by atoms with van der Waals surface area (Å²) in [6.07, 6.45) is 1.98. The molecule has 0 saturated carbocycles. The van der Waals surface area contributed by atoms with Crippen molar-refractivity contribution in [1.29, 1.82) is 0 Å². The first kappa shape index (κ1) is 16.2. The molecule has 0 aliphatic rings. The van der Waals surface area contributed by atoms with Crippen LogP contribution in [0.4, 0.5) is 0 Å². The minimum Gasteiger partial charge on any atom is -0.396 e. The van der Waals surface area contributed by atoms with Gasteiger partial charge >= 0.3 is 0 Å². The summed E-state index contributed by atoms with van der Waals surface area (Å²) in [6, 6.07) is 0.262. The minimum atomic E-state index is -0.00171. The molecule has 0 fully saturated rings. The van der Waals surface area contributed by atoms with E-state index in [1.54, 1.807) is 0 Å². The Bertz CT molecular complexity index is 400. The van der Waals surface area contributed by atoms with Gasteiger partial charge in [0.15, 0.2) is 0 Å². The second kappa shape index (κ2) is 6.53. The Balaban J connectivity index is 2.77. The second-order valence-electron chi connectivity index (χ2n) is 5.68. The summed E-state index contributed by atoms with van der Waals surface area (Å²) in [4.78, 5) is 0. The smallest absolute Gasteiger partial charge is 0.0644 e. The van der Waals surface area contributed by atoms with Gasteiger partial charge in [-0.05, 0) is 33.6 Å². The molecule has 1 atom stereocenters. The maximum Gasteiger partial charge on any atom is 0.0644 e. The number of nitrogens with one attached hydrogen (secondary N) is 1. The van der Waals surface area contributed by atoms with Gasteiger partial charge in [0.25, 0.3) is 0 Å². The number of hydrogen-bond donors (Lipinski definition) is 2. The third-order valence-electron chi connectivity index (χ3n) is 4.62. The molecule has 4 heteroatoms. The van der Waals surface area contributed by atoms with E-state index < -0.39 is 0 Å². The van der Waals surface area contributed by atoms with Crippen LogP contribution in [0.5, 0.6) is 0 Å². The number of hydrogen-bond acceptors (Lipinski definition) is 3. The fourth-order valence-electron chi connectivity index (χ4n) is 2.67. The second-order valence-corrected chi connectivity index (χ2v) is 5.68. The van der Waals surface area contributed by atoms with E-state index in [0.29, 0.717) is 0 Å². The van der Waals surface area contributed by atoms with Crippen molar-refractivity contribution >= 4 is 0 Å². The van der Waals surface area contributed by atoms with Crippen LogP contribution in [-0.4, -0.2) is 28.0 Å². The van der Waals surface area contributed by atoms with E-state index in [9.17, 15) is 5.11 Å². The van der Waals surface area contributed by atoms with E-state index >= 15 is 0 Å². The molecule has 0 radical (unpaired) electrons. The van der Waals surface area contributed by atoms with Crippen molar-refractivity contribution in [2.75, 3.05) is 13.2 Å². The molecule has 110 valence electrons. The van der Waals surface area contributed by atoms with Crippen LogP contribution in [0.15, 0.2) is 0 Å². The summed E-state index contributed by atoms with van der Waals surface area (Å²) < 4.78 is 1.93. The zero-order valence-electron chi connectivity index (χ0n) is 13.2. The summed E-state index contributed by atoms with van der Waals surface area (Å²) in [7, 11) is 1.98. The van der Waals surface area contributed by atoms with Crippen LogP contribution < -0.4 is 5.32 Å². The molecular weight excluding hydrogens is 238 g/mol. The van der Waals surface area contributed by atoms with Crippen LogP contribution in [0.1, 0.15) is 56.6 Å². The Hall–Kier alpha value is -0.870. The SMILES string of the molecule is CCC(CC)(CO)CNC(C)c1c(C)nn(C)c1C. The predicted molar refractivity (Wildman–Crippen MR) is 79.2 cm³/mol. The highest BCUT2D eigenvalue weighted by Crippen LogP contribution is 2.27. The lowest BCUT2D eigenvalue weighted by molar-refractivity contribution is 0.110. The molecule has 1 aromatic rings. The van der Waals surface area contributed by atoms with Crippen LogP contribution in [0.3, 0.4) is 0 Å². The summed E-state index contributed by atoms with van der Waals surface area (Å²) in [5.41, 5.74) is 3.57. The normalized spacial score (nSPS) is 13.8. The first-order valence-electron chi connectivity index (χ1n) is 7.25. The fourth-order valence-corrected chi connectivity index (χ4v) is 2.67. The topological polar surface area (TPSA) is 50.1 Å². The van der Waals surface area contributed by atoms with E-state index in [4.69, 9.17) is 0 Å². The quantitative estimate of drug-likeness (QED) is 0.798. The van der Waals surface area contributed by atoms with E-state index in [0.717, 1.165) is 25.1 Å². The number of aryl methyl sites for hydroxylation is 2. The standard InChI is InChI=1S/C15H29N3O/c1-7-15(8-2,10-19)9-16-11(3)14-12(4)17-18(6)13(14)5/h11,16,19H,7-10H2,1-6H3. The molecule has 0 spiro atoms. The van der Waals surface area contributed by atoms with E-state index in [1.165, 1.54) is 11.3 Å². The molecule has 1 heterocycles. The molecule has 0 aliphatic heterocycles. The highest BCUT2D eigenvalue weighted by atomic mass is 16.3. The average molecular weight is 267 g/mol. The highest BCUT2D eigenvalue weighted by molar-refractivity contribution is 5.27. The predicted octanol–water partition coefficient (Wildman–Crippen LogP) is 2.49. The molecule has 0 aromatic carbocycles. The first-order chi connectivity index (χ1) is 8.90. The third-order valence-corrected chi connectivity index (χ3v) is 4.62. The molecule has 0 amide bonds. The lowest BCUT2D eigenvalue weighted by Crippen LogP contribution is -2.37. The fraction of sp³-hybridized carbons (Fsp3) is 0.800. The van der Waals surface area contributed by atoms with Gasteiger partial charge < -0.3 is 10.4 Å². The molecule has 1 rings (SSSR count). The monoisotopic (exact) mass is 267 g/mol. The van der Waals surface area contributed by atoms with E-state index in [-0.39, 0.29) is 18.1 Å². The zero-order chi connectivity index (χ0) is 14.6. The number of nitrogens with zero attached hydrogens (tertiary/aromatic N) is 2. The van der Waals surface area contributed by atoms with Crippen molar-refractivity contribution in [1.82, 2.24) is 15.1 Å². The van der Waals surface area contributed by atoms with Crippen LogP contribution in [0.25, 0.3) is 0 Å². The molecule has 4 nitrogen and oxygen atoms in total. The van der Waals surface area contributed by atoms with Crippen molar-refractivity contribution in [3.8, 4) is 0 Å². The van der Waals surface area contributed by atoms with Crippen LogP contribution in [-0.2, 0) is 7.05 Å². The van der Waals surface area contributed by atoms with Crippen LogP contribution in [0.2, 0.25) is 0 Å². The highest BCUT2D eigenvalue weighted by Gasteiger charge is 2.26. The Morgan fingerprint density at radius 1 is 1.32 bits per heavy atom. The van der Waals surface area contributed by atoms with Gasteiger partial charge in [0.1, 0.15) is 0 Å². The summed E-state index contributed by atoms with van der Waals surface area (Å²) in [6.45, 7) is 11.7. The maximum atomic E-state index is 9.62.